The van der Waals surface area contributed by atoms with Gasteiger partial charge in [0.05, 0.1) is 24.0 Å². The molecule has 7 rings (SSSR count). The first-order chi connectivity index (χ1) is 18.0. The van der Waals surface area contributed by atoms with Gasteiger partial charge < -0.3 is 14.6 Å². The molecule has 0 spiro atoms. The maximum atomic E-state index is 13.7. The van der Waals surface area contributed by atoms with Gasteiger partial charge in [0.25, 0.3) is 0 Å². The van der Waals surface area contributed by atoms with Gasteiger partial charge >= 0.3 is 4.87 Å². The molecule has 3 amide bonds. The molecule has 4 heterocycles. The highest BCUT2D eigenvalue weighted by molar-refractivity contribution is 8.00. The minimum Gasteiger partial charge on any atom is -0.497 e. The van der Waals surface area contributed by atoms with Crippen molar-refractivity contribution in [2.24, 2.45) is 29.6 Å². The van der Waals surface area contributed by atoms with Crippen LogP contribution in [-0.4, -0.2) is 64.5 Å². The monoisotopic (exact) mass is 539 g/mol. The zero-order valence-electron chi connectivity index (χ0n) is 20.6. The van der Waals surface area contributed by atoms with E-state index < -0.39 is 0 Å². The number of benzene rings is 1. The average molecular weight is 540 g/mol. The summed E-state index contributed by atoms with van der Waals surface area (Å²) in [5.74, 6) is -0.156. The SMILES string of the molecule is COc1ccc([C@H]2c3sc(=O)[nH]c3SC3C4CC(C5C(=O)N(CC(=O)N6CCCCC6)C(=O)C45)C32)cc1. The minimum atomic E-state index is -0.369. The molecule has 194 valence electrons. The number of methoxy groups -OCH3 is 1. The van der Waals surface area contributed by atoms with Crippen LogP contribution in [0.4, 0.5) is 0 Å². The molecule has 3 aliphatic heterocycles. The number of thiazole rings is 1. The number of thioether (sulfide) groups is 1. The Balaban J connectivity index is 1.22. The lowest BCUT2D eigenvalue weighted by Crippen LogP contribution is -2.45. The van der Waals surface area contributed by atoms with Gasteiger partial charge in [0.1, 0.15) is 12.3 Å². The molecule has 2 saturated heterocycles. The summed E-state index contributed by atoms with van der Waals surface area (Å²) in [6, 6.07) is 7.99. The van der Waals surface area contributed by atoms with E-state index in [1.165, 1.54) is 16.2 Å². The van der Waals surface area contributed by atoms with E-state index in [4.69, 9.17) is 4.74 Å². The Labute approximate surface area is 222 Å². The molecule has 1 aromatic carbocycles. The summed E-state index contributed by atoms with van der Waals surface area (Å²) in [7, 11) is 1.64. The Morgan fingerprint density at radius 2 is 1.73 bits per heavy atom. The van der Waals surface area contributed by atoms with Crippen molar-refractivity contribution in [2.45, 2.75) is 41.9 Å². The van der Waals surface area contributed by atoms with Gasteiger partial charge in [-0.3, -0.25) is 24.1 Å². The first kappa shape index (κ1) is 23.5. The van der Waals surface area contributed by atoms with Crippen molar-refractivity contribution >= 4 is 40.8 Å². The second-order valence-electron chi connectivity index (χ2n) is 10.9. The van der Waals surface area contributed by atoms with Crippen LogP contribution in [0.1, 0.15) is 42.0 Å². The number of aromatic nitrogens is 1. The number of likely N-dealkylation sites (tertiary alicyclic amines) is 2. The number of aromatic amines is 1. The molecule has 37 heavy (non-hydrogen) atoms. The molecule has 2 aliphatic carbocycles. The summed E-state index contributed by atoms with van der Waals surface area (Å²) in [6.45, 7) is 1.28. The highest BCUT2D eigenvalue weighted by atomic mass is 32.2. The molecule has 4 fully saturated rings. The van der Waals surface area contributed by atoms with E-state index in [1.54, 1.807) is 23.8 Å². The molecule has 1 aromatic heterocycles. The van der Waals surface area contributed by atoms with Crippen molar-refractivity contribution in [3.05, 3.63) is 44.4 Å². The number of H-pyrrole nitrogens is 1. The van der Waals surface area contributed by atoms with Crippen LogP contribution in [0.2, 0.25) is 0 Å². The van der Waals surface area contributed by atoms with Crippen molar-refractivity contribution in [3.63, 3.8) is 0 Å². The van der Waals surface area contributed by atoms with Crippen LogP contribution >= 0.6 is 23.1 Å². The largest absolute Gasteiger partial charge is 0.497 e. The Kier molecular flexibility index (Phi) is 5.55. The highest BCUT2D eigenvalue weighted by Crippen LogP contribution is 2.68. The molecule has 1 N–H and O–H groups in total. The number of hydrogen-bond donors (Lipinski definition) is 1. The van der Waals surface area contributed by atoms with Gasteiger partial charge in [-0.15, -0.1) is 11.8 Å². The number of hydrogen-bond acceptors (Lipinski definition) is 7. The van der Waals surface area contributed by atoms with Gasteiger partial charge in [-0.2, -0.15) is 0 Å². The third-order valence-corrected chi connectivity index (χ3v) is 11.9. The molecule has 2 saturated carbocycles. The predicted octanol–water partition coefficient (Wildman–Crippen LogP) is 2.93. The maximum Gasteiger partial charge on any atom is 0.305 e. The van der Waals surface area contributed by atoms with Crippen LogP contribution in [0, 0.1) is 29.6 Å². The molecule has 0 radical (unpaired) electrons. The number of carbonyl (C=O) groups excluding carboxylic acids is 3. The fraction of sp³-hybridized carbons (Fsp3) is 0.556. The first-order valence-corrected chi connectivity index (χ1v) is 14.8. The quantitative estimate of drug-likeness (QED) is 0.600. The molecule has 7 atom stereocenters. The van der Waals surface area contributed by atoms with Crippen LogP contribution in [0.5, 0.6) is 5.75 Å². The van der Waals surface area contributed by atoms with Gasteiger partial charge in [-0.05, 0) is 61.1 Å². The van der Waals surface area contributed by atoms with E-state index >= 15 is 0 Å². The Bertz CT molecular complexity index is 1330. The smallest absolute Gasteiger partial charge is 0.305 e. The lowest BCUT2D eigenvalue weighted by atomic mass is 9.68. The van der Waals surface area contributed by atoms with E-state index in [9.17, 15) is 19.2 Å². The molecular weight excluding hydrogens is 510 g/mol. The number of amides is 3. The summed E-state index contributed by atoms with van der Waals surface area (Å²) in [4.78, 5) is 59.7. The lowest BCUT2D eigenvalue weighted by Gasteiger charge is -2.43. The molecular formula is C27H29N3O5S2. The fourth-order valence-corrected chi connectivity index (χ4v) is 10.7. The zero-order valence-corrected chi connectivity index (χ0v) is 22.2. The van der Waals surface area contributed by atoms with E-state index in [2.05, 4.69) is 17.1 Å². The van der Waals surface area contributed by atoms with Gasteiger partial charge in [0.15, 0.2) is 0 Å². The van der Waals surface area contributed by atoms with Gasteiger partial charge in [0.2, 0.25) is 17.7 Å². The minimum absolute atomic E-state index is 0.0148. The van der Waals surface area contributed by atoms with Crippen molar-refractivity contribution in [2.75, 3.05) is 26.7 Å². The maximum absolute atomic E-state index is 13.7. The normalized spacial score (nSPS) is 33.9. The second kappa shape index (κ2) is 8.73. The predicted molar refractivity (Wildman–Crippen MR) is 139 cm³/mol. The van der Waals surface area contributed by atoms with Crippen molar-refractivity contribution < 1.29 is 19.1 Å². The number of carbonyl (C=O) groups is 3. The Morgan fingerprint density at radius 3 is 2.43 bits per heavy atom. The molecule has 2 aromatic rings. The van der Waals surface area contributed by atoms with Gasteiger partial charge in [-0.25, -0.2) is 0 Å². The van der Waals surface area contributed by atoms with Crippen molar-refractivity contribution in [1.82, 2.24) is 14.8 Å². The summed E-state index contributed by atoms with van der Waals surface area (Å²) in [6.07, 6.45) is 3.91. The topological polar surface area (TPSA) is 99.8 Å². The standard InChI is InChI=1S/C27H29N3O5S2/c1-35-14-7-5-13(6-8-14)18-19-15-11-16(22(19)36-24-23(18)37-27(34)28-24)21-20(15)25(32)30(26(21)33)12-17(31)29-9-3-2-4-10-29/h5-8,15-16,18-22H,2-4,9-12H2,1H3,(H,28,34)/t15?,16?,18-,19?,20?,21?,22?/m1/s1. The first-order valence-electron chi connectivity index (χ1n) is 13.1. The average Bonchev–Trinajstić information content (AvgIpc) is 3.65. The van der Waals surface area contributed by atoms with Gasteiger partial charge in [0, 0.05) is 29.1 Å². The molecule has 10 heteroatoms. The fourth-order valence-electron chi connectivity index (χ4n) is 7.80. The number of fused-ring (bicyclic) bond motifs is 9. The van der Waals surface area contributed by atoms with Crippen LogP contribution in [0.15, 0.2) is 34.1 Å². The number of piperidine rings is 1. The summed E-state index contributed by atoms with van der Waals surface area (Å²) in [5.41, 5.74) is 1.10. The lowest BCUT2D eigenvalue weighted by molar-refractivity contribution is -0.147. The summed E-state index contributed by atoms with van der Waals surface area (Å²) >= 11 is 2.94. The van der Waals surface area contributed by atoms with Gasteiger partial charge in [-0.1, -0.05) is 23.5 Å². The number of ether oxygens (including phenoxy) is 1. The Hall–Kier alpha value is -2.59. The van der Waals surface area contributed by atoms with Crippen LogP contribution in [0.3, 0.4) is 0 Å². The summed E-state index contributed by atoms with van der Waals surface area (Å²) in [5, 5.41) is 1.04. The molecule has 2 bridgehead atoms. The van der Waals surface area contributed by atoms with E-state index in [-0.39, 0.29) is 69.9 Å². The third kappa shape index (κ3) is 3.47. The third-order valence-electron chi connectivity index (χ3n) is 9.29. The summed E-state index contributed by atoms with van der Waals surface area (Å²) < 4.78 is 5.36. The number of rotatable bonds is 4. The molecule has 6 unspecified atom stereocenters. The number of imide groups is 1. The van der Waals surface area contributed by atoms with E-state index in [0.717, 1.165) is 46.9 Å². The molecule has 5 aliphatic rings. The molecule has 8 nitrogen and oxygen atoms in total. The zero-order chi connectivity index (χ0) is 25.4. The number of nitrogens with one attached hydrogen (secondary N) is 1. The highest BCUT2D eigenvalue weighted by Gasteiger charge is 2.69. The van der Waals surface area contributed by atoms with Crippen LogP contribution in [0.25, 0.3) is 0 Å². The number of nitrogens with zero attached hydrogens (tertiary/aromatic N) is 2. The Morgan fingerprint density at radius 1 is 1.03 bits per heavy atom. The van der Waals surface area contributed by atoms with E-state index in [1.807, 2.05) is 12.1 Å². The van der Waals surface area contributed by atoms with Crippen LogP contribution in [-0.2, 0) is 14.4 Å². The van der Waals surface area contributed by atoms with Crippen molar-refractivity contribution in [1.29, 1.82) is 0 Å². The van der Waals surface area contributed by atoms with Crippen molar-refractivity contribution in [3.8, 4) is 5.75 Å². The second-order valence-corrected chi connectivity index (χ2v) is 13.1. The van der Waals surface area contributed by atoms with Crippen LogP contribution < -0.4 is 9.61 Å². The van der Waals surface area contributed by atoms with E-state index in [0.29, 0.717) is 13.1 Å².